The minimum atomic E-state index is -3.71. The highest BCUT2D eigenvalue weighted by Crippen LogP contribution is 2.08. The highest BCUT2D eigenvalue weighted by molar-refractivity contribution is 7.89. The van der Waals surface area contributed by atoms with Crippen LogP contribution in [0.1, 0.15) is 12.0 Å². The Hall–Kier alpha value is -1.97. The van der Waals surface area contributed by atoms with Gasteiger partial charge in [0.15, 0.2) is 0 Å². The van der Waals surface area contributed by atoms with E-state index >= 15 is 0 Å². The summed E-state index contributed by atoms with van der Waals surface area (Å²) in [6.45, 7) is 0.232. The second-order valence-electron chi connectivity index (χ2n) is 4.36. The summed E-state index contributed by atoms with van der Waals surface area (Å²) in [5.74, 6) is -0.540. The highest BCUT2D eigenvalue weighted by Gasteiger charge is 2.27. The molecule has 0 aromatic heterocycles. The number of benzene rings is 1. The van der Waals surface area contributed by atoms with E-state index in [0.29, 0.717) is 0 Å². The molecule has 1 unspecified atom stereocenters. The fourth-order valence-electron chi connectivity index (χ4n) is 1.72. The number of hydrogen-bond acceptors (Lipinski definition) is 5. The lowest BCUT2D eigenvalue weighted by molar-refractivity contribution is -0.124. The zero-order valence-corrected chi connectivity index (χ0v) is 11.2. The topological polar surface area (TPSA) is 130 Å². The molecule has 9 heteroatoms. The first kappa shape index (κ1) is 14.4. The first-order valence-corrected chi connectivity index (χ1v) is 7.35. The number of hydrazine groups is 1. The van der Waals surface area contributed by atoms with E-state index < -0.39 is 16.1 Å². The van der Waals surface area contributed by atoms with Crippen LogP contribution in [-0.2, 0) is 26.2 Å². The average molecular weight is 298 g/mol. The molecule has 108 valence electrons. The summed E-state index contributed by atoms with van der Waals surface area (Å²) in [5, 5.41) is 7.63. The summed E-state index contributed by atoms with van der Waals surface area (Å²) in [4.78, 5) is 22.7. The third-order valence-corrected chi connectivity index (χ3v) is 3.74. The first-order valence-electron chi connectivity index (χ1n) is 5.80. The van der Waals surface area contributed by atoms with Crippen LogP contribution in [0.25, 0.3) is 0 Å². The van der Waals surface area contributed by atoms with E-state index in [1.54, 1.807) is 12.1 Å². The van der Waals surface area contributed by atoms with Crippen LogP contribution in [0.2, 0.25) is 0 Å². The van der Waals surface area contributed by atoms with Gasteiger partial charge in [0.1, 0.15) is 6.04 Å². The Labute approximate surface area is 115 Å². The Morgan fingerprint density at radius 3 is 2.50 bits per heavy atom. The largest absolute Gasteiger partial charge is 0.351 e. The monoisotopic (exact) mass is 298 g/mol. The van der Waals surface area contributed by atoms with Crippen molar-refractivity contribution in [1.29, 1.82) is 0 Å². The molecule has 20 heavy (non-hydrogen) atoms. The highest BCUT2D eigenvalue weighted by atomic mass is 32.2. The van der Waals surface area contributed by atoms with Crippen LogP contribution >= 0.6 is 0 Å². The second kappa shape index (κ2) is 5.57. The van der Waals surface area contributed by atoms with Gasteiger partial charge in [0.05, 0.1) is 11.3 Å². The van der Waals surface area contributed by atoms with E-state index in [1.807, 2.05) is 0 Å². The number of carbonyl (C=O) groups is 2. The fourth-order valence-corrected chi connectivity index (χ4v) is 2.24. The zero-order valence-electron chi connectivity index (χ0n) is 10.4. The van der Waals surface area contributed by atoms with Gasteiger partial charge in [-0.3, -0.25) is 15.0 Å². The third kappa shape index (κ3) is 3.53. The minimum Gasteiger partial charge on any atom is -0.351 e. The molecule has 0 aliphatic carbocycles. The van der Waals surface area contributed by atoms with Crippen molar-refractivity contribution in [3.8, 4) is 0 Å². The minimum absolute atomic E-state index is 0.0137. The van der Waals surface area contributed by atoms with Crippen molar-refractivity contribution in [3.63, 3.8) is 0 Å². The normalized spacial score (nSPS) is 18.6. The van der Waals surface area contributed by atoms with Gasteiger partial charge in [-0.15, -0.1) is 0 Å². The molecule has 1 heterocycles. The van der Waals surface area contributed by atoms with E-state index in [1.165, 1.54) is 12.1 Å². The van der Waals surface area contributed by atoms with Gasteiger partial charge in [0.2, 0.25) is 21.8 Å². The van der Waals surface area contributed by atoms with E-state index in [-0.39, 0.29) is 29.7 Å². The summed E-state index contributed by atoms with van der Waals surface area (Å²) < 4.78 is 22.2. The summed E-state index contributed by atoms with van der Waals surface area (Å²) in [6.07, 6.45) is 0.0934. The number of carbonyl (C=O) groups excluding carboxylic acids is 2. The molecular weight excluding hydrogens is 284 g/mol. The molecule has 0 spiro atoms. The Morgan fingerprint density at radius 2 is 2.00 bits per heavy atom. The van der Waals surface area contributed by atoms with Gasteiger partial charge >= 0.3 is 0 Å². The summed E-state index contributed by atoms with van der Waals surface area (Å²) in [5.41, 5.74) is 5.63. The lowest BCUT2D eigenvalue weighted by Crippen LogP contribution is -2.42. The number of amides is 2. The molecule has 2 rings (SSSR count). The SMILES string of the molecule is NS(=O)(=O)c1ccc(CNC(=O)C2CC(=O)NN2)cc1. The molecule has 1 aliphatic rings. The maximum absolute atomic E-state index is 11.7. The molecule has 1 aromatic carbocycles. The molecule has 1 aromatic rings. The molecular formula is C11H14N4O4S. The second-order valence-corrected chi connectivity index (χ2v) is 5.92. The molecule has 0 saturated carbocycles. The van der Waals surface area contributed by atoms with Crippen molar-refractivity contribution in [2.45, 2.75) is 23.9 Å². The van der Waals surface area contributed by atoms with Gasteiger partial charge < -0.3 is 5.32 Å². The quantitative estimate of drug-likeness (QED) is 0.528. The van der Waals surface area contributed by atoms with Crippen molar-refractivity contribution in [1.82, 2.24) is 16.2 Å². The number of sulfonamides is 1. The number of nitrogens with two attached hydrogens (primary N) is 1. The van der Waals surface area contributed by atoms with E-state index in [4.69, 9.17) is 5.14 Å². The summed E-state index contributed by atoms with van der Waals surface area (Å²) in [7, 11) is -3.71. The molecule has 2 amide bonds. The van der Waals surface area contributed by atoms with Crippen molar-refractivity contribution >= 4 is 21.8 Å². The van der Waals surface area contributed by atoms with E-state index in [9.17, 15) is 18.0 Å². The molecule has 1 fully saturated rings. The van der Waals surface area contributed by atoms with Crippen molar-refractivity contribution < 1.29 is 18.0 Å². The van der Waals surface area contributed by atoms with Crippen molar-refractivity contribution in [2.24, 2.45) is 5.14 Å². The summed E-state index contributed by atoms with van der Waals surface area (Å²) in [6, 6.07) is 5.27. The van der Waals surface area contributed by atoms with Gasteiger partial charge in [-0.05, 0) is 17.7 Å². The van der Waals surface area contributed by atoms with E-state index in [2.05, 4.69) is 16.2 Å². The standard InChI is InChI=1S/C11H14N4O4S/c12-20(18,19)8-3-1-7(2-4-8)6-13-11(17)9-5-10(16)15-14-9/h1-4,9,14H,5-6H2,(H,13,17)(H,15,16)(H2,12,18,19). The van der Waals surface area contributed by atoms with Crippen LogP contribution in [-0.4, -0.2) is 26.3 Å². The van der Waals surface area contributed by atoms with Gasteiger partial charge in [-0.1, -0.05) is 12.1 Å². The maximum atomic E-state index is 11.7. The van der Waals surface area contributed by atoms with Crippen molar-refractivity contribution in [3.05, 3.63) is 29.8 Å². The van der Waals surface area contributed by atoms with Crippen LogP contribution in [0, 0.1) is 0 Å². The summed E-state index contributed by atoms with van der Waals surface area (Å²) >= 11 is 0. The molecule has 5 N–H and O–H groups in total. The Balaban J connectivity index is 1.91. The maximum Gasteiger partial charge on any atom is 0.239 e. The van der Waals surface area contributed by atoms with Crippen LogP contribution in [0.15, 0.2) is 29.2 Å². The number of primary sulfonamides is 1. The van der Waals surface area contributed by atoms with Crippen LogP contribution < -0.4 is 21.3 Å². The van der Waals surface area contributed by atoms with Gasteiger partial charge in [-0.2, -0.15) is 0 Å². The average Bonchev–Trinajstić information content (AvgIpc) is 2.82. The smallest absolute Gasteiger partial charge is 0.239 e. The lowest BCUT2D eigenvalue weighted by Gasteiger charge is -2.10. The predicted octanol–water partition coefficient (Wildman–Crippen LogP) is -1.66. The number of hydrogen-bond donors (Lipinski definition) is 4. The molecule has 1 saturated heterocycles. The lowest BCUT2D eigenvalue weighted by atomic mass is 10.2. The predicted molar refractivity (Wildman–Crippen MR) is 69.3 cm³/mol. The van der Waals surface area contributed by atoms with E-state index in [0.717, 1.165) is 5.56 Å². The van der Waals surface area contributed by atoms with Crippen LogP contribution in [0.3, 0.4) is 0 Å². The van der Waals surface area contributed by atoms with Crippen LogP contribution in [0.5, 0.6) is 0 Å². The van der Waals surface area contributed by atoms with Gasteiger partial charge in [0, 0.05) is 6.54 Å². The molecule has 0 bridgehead atoms. The third-order valence-electron chi connectivity index (χ3n) is 2.81. The fraction of sp³-hybridized carbons (Fsp3) is 0.273. The van der Waals surface area contributed by atoms with Crippen LogP contribution in [0.4, 0.5) is 0 Å². The first-order chi connectivity index (χ1) is 9.36. The number of rotatable bonds is 4. The van der Waals surface area contributed by atoms with Crippen molar-refractivity contribution in [2.75, 3.05) is 0 Å². The Kier molecular flexibility index (Phi) is 4.02. The molecule has 8 nitrogen and oxygen atoms in total. The Bertz CT molecular complexity index is 626. The molecule has 1 aliphatic heterocycles. The van der Waals surface area contributed by atoms with Gasteiger partial charge in [-0.25, -0.2) is 19.0 Å². The zero-order chi connectivity index (χ0) is 14.8. The Morgan fingerprint density at radius 1 is 1.35 bits per heavy atom. The van der Waals surface area contributed by atoms with Gasteiger partial charge in [0.25, 0.3) is 0 Å². The molecule has 0 radical (unpaired) electrons. The molecule has 1 atom stereocenters. The number of nitrogens with one attached hydrogen (secondary N) is 3.